The van der Waals surface area contributed by atoms with Gasteiger partial charge in [0.05, 0.1) is 6.20 Å². The van der Waals surface area contributed by atoms with E-state index in [0.29, 0.717) is 0 Å². The predicted octanol–water partition coefficient (Wildman–Crippen LogP) is 4.05. The summed E-state index contributed by atoms with van der Waals surface area (Å²) in [5, 5.41) is 8.67. The fourth-order valence-corrected chi connectivity index (χ4v) is 3.13. The van der Waals surface area contributed by atoms with Crippen molar-refractivity contribution in [1.29, 1.82) is 0 Å². The van der Waals surface area contributed by atoms with Crippen molar-refractivity contribution in [3.63, 3.8) is 0 Å². The molecule has 0 radical (unpaired) electrons. The number of halogens is 2. The van der Waals surface area contributed by atoms with Gasteiger partial charge >= 0.3 is 0 Å². The largest absolute Gasteiger partial charge is 0.310 e. The molecule has 1 atom stereocenters. The van der Waals surface area contributed by atoms with E-state index >= 15 is 0 Å². The van der Waals surface area contributed by atoms with Gasteiger partial charge in [0.2, 0.25) is 0 Å². The fourth-order valence-electron chi connectivity index (χ4n) is 2.24. The highest BCUT2D eigenvalue weighted by atomic mass is 127. The Kier molecular flexibility index (Phi) is 5.86. The molecule has 5 heteroatoms. The number of hydrogen-bond acceptors (Lipinski definition) is 2. The molecule has 0 aliphatic rings. The van der Waals surface area contributed by atoms with Gasteiger partial charge in [-0.3, -0.25) is 4.68 Å². The number of likely N-dealkylation sites (N-methyl/N-ethyl adjacent to an activating group) is 1. The van der Waals surface area contributed by atoms with Crippen LogP contribution in [-0.4, -0.2) is 16.3 Å². The SMILES string of the molecule is CCNC(Cc1cnn(CC)c1)c1cc(Cl)ccc1I. The van der Waals surface area contributed by atoms with Gasteiger partial charge in [0.1, 0.15) is 0 Å². The summed E-state index contributed by atoms with van der Waals surface area (Å²) in [5.74, 6) is 0. The topological polar surface area (TPSA) is 29.9 Å². The van der Waals surface area contributed by atoms with E-state index in [0.717, 1.165) is 24.5 Å². The van der Waals surface area contributed by atoms with Crippen molar-refractivity contribution in [2.75, 3.05) is 6.54 Å². The molecule has 2 rings (SSSR count). The standard InChI is InChI=1S/C15H19ClIN3/c1-3-18-15(7-11-9-19-20(4-2)10-11)13-8-12(16)5-6-14(13)17/h5-6,8-10,15,18H,3-4,7H2,1-2H3. The highest BCUT2D eigenvalue weighted by Crippen LogP contribution is 2.26. The number of nitrogens with one attached hydrogen (secondary N) is 1. The van der Waals surface area contributed by atoms with Crippen LogP contribution in [0.1, 0.15) is 31.0 Å². The number of hydrogen-bond donors (Lipinski definition) is 1. The van der Waals surface area contributed by atoms with E-state index in [4.69, 9.17) is 11.6 Å². The van der Waals surface area contributed by atoms with Gasteiger partial charge in [-0.25, -0.2) is 0 Å². The van der Waals surface area contributed by atoms with Gasteiger partial charge in [-0.15, -0.1) is 0 Å². The summed E-state index contributed by atoms with van der Waals surface area (Å²) >= 11 is 8.51. The summed E-state index contributed by atoms with van der Waals surface area (Å²) in [6.07, 6.45) is 4.98. The first-order valence-corrected chi connectivity index (χ1v) is 8.29. The van der Waals surface area contributed by atoms with E-state index in [9.17, 15) is 0 Å². The van der Waals surface area contributed by atoms with E-state index in [-0.39, 0.29) is 6.04 Å². The van der Waals surface area contributed by atoms with Crippen molar-refractivity contribution in [2.24, 2.45) is 0 Å². The van der Waals surface area contributed by atoms with E-state index in [1.54, 1.807) is 0 Å². The smallest absolute Gasteiger partial charge is 0.0522 e. The Morgan fingerprint density at radius 3 is 2.85 bits per heavy atom. The van der Waals surface area contributed by atoms with Crippen LogP contribution in [0.25, 0.3) is 0 Å². The summed E-state index contributed by atoms with van der Waals surface area (Å²) in [6.45, 7) is 6.05. The second-order valence-corrected chi connectivity index (χ2v) is 6.28. The fraction of sp³-hybridized carbons (Fsp3) is 0.400. The zero-order valence-corrected chi connectivity index (χ0v) is 14.6. The lowest BCUT2D eigenvalue weighted by atomic mass is 10.0. The highest BCUT2D eigenvalue weighted by Gasteiger charge is 2.15. The summed E-state index contributed by atoms with van der Waals surface area (Å²) in [4.78, 5) is 0. The molecule has 0 saturated heterocycles. The van der Waals surface area contributed by atoms with Crippen molar-refractivity contribution in [3.05, 3.63) is 50.3 Å². The van der Waals surface area contributed by atoms with Crippen LogP contribution in [0.3, 0.4) is 0 Å². The monoisotopic (exact) mass is 403 g/mol. The van der Waals surface area contributed by atoms with Gasteiger partial charge in [-0.05, 0) is 71.8 Å². The minimum Gasteiger partial charge on any atom is -0.310 e. The molecule has 20 heavy (non-hydrogen) atoms. The molecule has 0 aliphatic heterocycles. The van der Waals surface area contributed by atoms with Crippen LogP contribution < -0.4 is 5.32 Å². The third-order valence-electron chi connectivity index (χ3n) is 3.23. The van der Waals surface area contributed by atoms with Crippen LogP contribution in [-0.2, 0) is 13.0 Å². The average Bonchev–Trinajstić information content (AvgIpc) is 2.89. The number of aryl methyl sites for hydroxylation is 1. The van der Waals surface area contributed by atoms with Crippen molar-refractivity contribution in [3.8, 4) is 0 Å². The maximum Gasteiger partial charge on any atom is 0.0522 e. The molecule has 0 amide bonds. The van der Waals surface area contributed by atoms with Gasteiger partial charge in [-0.2, -0.15) is 5.10 Å². The van der Waals surface area contributed by atoms with Crippen LogP contribution in [0.15, 0.2) is 30.6 Å². The minimum absolute atomic E-state index is 0.264. The van der Waals surface area contributed by atoms with Gasteiger partial charge in [-0.1, -0.05) is 18.5 Å². The molecule has 0 bridgehead atoms. The molecule has 0 spiro atoms. The molecular weight excluding hydrogens is 385 g/mol. The number of benzene rings is 1. The Labute approximate surface area is 138 Å². The van der Waals surface area contributed by atoms with Gasteiger partial charge in [0.15, 0.2) is 0 Å². The molecule has 0 saturated carbocycles. The third kappa shape index (κ3) is 3.96. The molecule has 1 unspecified atom stereocenters. The number of nitrogens with zero attached hydrogens (tertiary/aromatic N) is 2. The molecule has 1 N–H and O–H groups in total. The minimum atomic E-state index is 0.264. The summed E-state index contributed by atoms with van der Waals surface area (Å²) in [5.41, 5.74) is 2.50. The molecule has 1 aromatic carbocycles. The molecular formula is C15H19ClIN3. The Morgan fingerprint density at radius 1 is 1.40 bits per heavy atom. The first kappa shape index (κ1) is 15.8. The Bertz CT molecular complexity index is 568. The summed E-state index contributed by atoms with van der Waals surface area (Å²) < 4.78 is 3.20. The van der Waals surface area contributed by atoms with Crippen LogP contribution in [0.2, 0.25) is 5.02 Å². The Hall–Kier alpha value is -0.590. The summed E-state index contributed by atoms with van der Waals surface area (Å²) in [6, 6.07) is 6.32. The first-order valence-electron chi connectivity index (χ1n) is 6.83. The van der Waals surface area contributed by atoms with Gasteiger partial charge in [0.25, 0.3) is 0 Å². The van der Waals surface area contributed by atoms with Crippen LogP contribution in [0, 0.1) is 3.57 Å². The second kappa shape index (κ2) is 7.43. The maximum absolute atomic E-state index is 6.14. The zero-order valence-electron chi connectivity index (χ0n) is 11.7. The van der Waals surface area contributed by atoms with E-state index in [2.05, 4.69) is 65.2 Å². The molecule has 108 valence electrons. The normalized spacial score (nSPS) is 12.6. The van der Waals surface area contributed by atoms with E-state index in [1.807, 2.05) is 16.9 Å². The highest BCUT2D eigenvalue weighted by molar-refractivity contribution is 14.1. The second-order valence-electron chi connectivity index (χ2n) is 4.68. The van der Waals surface area contributed by atoms with Crippen molar-refractivity contribution in [2.45, 2.75) is 32.9 Å². The molecule has 0 aliphatic carbocycles. The van der Waals surface area contributed by atoms with Crippen molar-refractivity contribution in [1.82, 2.24) is 15.1 Å². The van der Waals surface area contributed by atoms with Crippen LogP contribution in [0.4, 0.5) is 0 Å². The van der Waals surface area contributed by atoms with Gasteiger partial charge in [0, 0.05) is 27.4 Å². The summed E-state index contributed by atoms with van der Waals surface area (Å²) in [7, 11) is 0. The van der Waals surface area contributed by atoms with Crippen LogP contribution >= 0.6 is 34.2 Å². The lowest BCUT2D eigenvalue weighted by Gasteiger charge is -2.19. The third-order valence-corrected chi connectivity index (χ3v) is 4.45. The number of aromatic nitrogens is 2. The predicted molar refractivity (Wildman–Crippen MR) is 92.2 cm³/mol. The maximum atomic E-state index is 6.14. The van der Waals surface area contributed by atoms with Crippen molar-refractivity contribution < 1.29 is 0 Å². The van der Waals surface area contributed by atoms with Crippen LogP contribution in [0.5, 0.6) is 0 Å². The lowest BCUT2D eigenvalue weighted by Crippen LogP contribution is -2.23. The first-order chi connectivity index (χ1) is 9.63. The molecule has 0 fully saturated rings. The van der Waals surface area contributed by atoms with E-state index < -0.39 is 0 Å². The Balaban J connectivity index is 2.23. The lowest BCUT2D eigenvalue weighted by molar-refractivity contribution is 0.547. The molecule has 2 aromatic rings. The zero-order chi connectivity index (χ0) is 14.5. The molecule has 3 nitrogen and oxygen atoms in total. The number of rotatable bonds is 6. The van der Waals surface area contributed by atoms with Crippen molar-refractivity contribution >= 4 is 34.2 Å². The average molecular weight is 404 g/mol. The molecule has 1 aromatic heterocycles. The van der Waals surface area contributed by atoms with E-state index in [1.165, 1.54) is 14.7 Å². The molecule has 1 heterocycles. The van der Waals surface area contributed by atoms with Gasteiger partial charge < -0.3 is 5.32 Å². The quantitative estimate of drug-likeness (QED) is 0.737. The Morgan fingerprint density at radius 2 is 2.20 bits per heavy atom.